The van der Waals surface area contributed by atoms with E-state index in [1.54, 1.807) is 19.2 Å². The fourth-order valence-electron chi connectivity index (χ4n) is 2.19. The summed E-state index contributed by atoms with van der Waals surface area (Å²) in [5.74, 6) is 0.249. The summed E-state index contributed by atoms with van der Waals surface area (Å²) >= 11 is 0. The van der Waals surface area contributed by atoms with Crippen LogP contribution in [0.2, 0.25) is 0 Å². The molecule has 5 nitrogen and oxygen atoms in total. The second kappa shape index (κ2) is 8.92. The van der Waals surface area contributed by atoms with Gasteiger partial charge < -0.3 is 20.5 Å². The third-order valence-electron chi connectivity index (χ3n) is 3.43. The largest absolute Gasteiger partial charge is 0.491 e. The van der Waals surface area contributed by atoms with Crippen molar-refractivity contribution in [2.45, 2.75) is 5.92 Å². The number of hydrogen-bond acceptors (Lipinski definition) is 4. The molecule has 1 atom stereocenters. The van der Waals surface area contributed by atoms with Crippen molar-refractivity contribution < 1.29 is 14.3 Å². The van der Waals surface area contributed by atoms with Gasteiger partial charge in [0.1, 0.15) is 12.4 Å². The third-order valence-corrected chi connectivity index (χ3v) is 3.43. The van der Waals surface area contributed by atoms with Gasteiger partial charge >= 0.3 is 0 Å². The number of carbonyl (C=O) groups excluding carboxylic acids is 1. The number of hydrogen-bond donors (Lipinski definition) is 2. The van der Waals surface area contributed by atoms with Crippen LogP contribution in [0, 0.1) is 0 Å². The van der Waals surface area contributed by atoms with Crippen LogP contribution in [0.15, 0.2) is 54.6 Å². The van der Waals surface area contributed by atoms with E-state index in [1.165, 1.54) is 0 Å². The summed E-state index contributed by atoms with van der Waals surface area (Å²) < 4.78 is 10.4. The summed E-state index contributed by atoms with van der Waals surface area (Å²) in [6.07, 6.45) is 0. The van der Waals surface area contributed by atoms with Gasteiger partial charge in [-0.1, -0.05) is 30.3 Å². The molecule has 1 amide bonds. The lowest BCUT2D eigenvalue weighted by molar-refractivity contribution is -0.117. The van der Waals surface area contributed by atoms with Crippen LogP contribution >= 0.6 is 0 Å². The first-order chi connectivity index (χ1) is 11.2. The minimum atomic E-state index is -0.367. The van der Waals surface area contributed by atoms with E-state index in [0.29, 0.717) is 18.9 Å². The highest BCUT2D eigenvalue weighted by Crippen LogP contribution is 2.19. The van der Waals surface area contributed by atoms with E-state index >= 15 is 0 Å². The quantitative estimate of drug-likeness (QED) is 0.734. The van der Waals surface area contributed by atoms with Crippen molar-refractivity contribution >= 4 is 11.6 Å². The lowest BCUT2D eigenvalue weighted by atomic mass is 9.98. The zero-order chi connectivity index (χ0) is 16.5. The molecule has 0 radical (unpaired) electrons. The number of nitrogens with one attached hydrogen (secondary N) is 1. The number of benzene rings is 2. The second-order valence-electron chi connectivity index (χ2n) is 5.05. The van der Waals surface area contributed by atoms with Crippen LogP contribution in [0.25, 0.3) is 0 Å². The molecule has 0 aromatic heterocycles. The zero-order valence-electron chi connectivity index (χ0n) is 13.2. The van der Waals surface area contributed by atoms with E-state index < -0.39 is 0 Å². The van der Waals surface area contributed by atoms with E-state index in [0.717, 1.165) is 11.3 Å². The molecule has 0 spiro atoms. The molecule has 23 heavy (non-hydrogen) atoms. The summed E-state index contributed by atoms with van der Waals surface area (Å²) in [5, 5.41) is 2.89. The molecule has 2 rings (SSSR count). The highest BCUT2D eigenvalue weighted by atomic mass is 16.5. The molecule has 3 N–H and O–H groups in total. The zero-order valence-corrected chi connectivity index (χ0v) is 13.2. The fraction of sp³-hybridized carbons (Fsp3) is 0.278. The summed E-state index contributed by atoms with van der Waals surface area (Å²) in [6, 6.07) is 16.8. The van der Waals surface area contributed by atoms with Gasteiger partial charge in [0.05, 0.1) is 12.5 Å². The Kier molecular flexibility index (Phi) is 6.59. The Bertz CT molecular complexity index is 599. The van der Waals surface area contributed by atoms with Gasteiger partial charge in [0.15, 0.2) is 0 Å². The van der Waals surface area contributed by atoms with Gasteiger partial charge in [0.2, 0.25) is 5.91 Å². The van der Waals surface area contributed by atoms with Crippen LogP contribution in [-0.4, -0.2) is 32.8 Å². The molecule has 0 saturated heterocycles. The standard InChI is InChI=1S/C18H22N2O3/c1-22-11-12-23-16-9-7-15(8-10-16)20-18(21)17(13-19)14-5-3-2-4-6-14/h2-10,17H,11-13,19H2,1H3,(H,20,21). The molecule has 2 aromatic carbocycles. The summed E-state index contributed by atoms with van der Waals surface area (Å²) in [6.45, 7) is 1.28. The van der Waals surface area contributed by atoms with E-state index in [2.05, 4.69) is 5.32 Å². The minimum Gasteiger partial charge on any atom is -0.491 e. The van der Waals surface area contributed by atoms with Crippen molar-refractivity contribution in [1.82, 2.24) is 0 Å². The third kappa shape index (κ3) is 5.09. The first-order valence-electron chi connectivity index (χ1n) is 7.52. The molecule has 0 aliphatic rings. The van der Waals surface area contributed by atoms with Gasteiger partial charge in [-0.3, -0.25) is 4.79 Å². The molecule has 0 fully saturated rings. The topological polar surface area (TPSA) is 73.6 Å². The van der Waals surface area contributed by atoms with E-state index in [1.807, 2.05) is 42.5 Å². The lowest BCUT2D eigenvalue weighted by Crippen LogP contribution is -2.27. The summed E-state index contributed by atoms with van der Waals surface area (Å²) in [7, 11) is 1.63. The Morgan fingerprint density at radius 2 is 1.78 bits per heavy atom. The molecule has 0 heterocycles. The number of rotatable bonds is 8. The molecule has 0 bridgehead atoms. The number of amides is 1. The van der Waals surface area contributed by atoms with Crippen LogP contribution in [0.5, 0.6) is 5.75 Å². The highest BCUT2D eigenvalue weighted by Gasteiger charge is 2.18. The molecule has 0 aliphatic heterocycles. The number of anilines is 1. The maximum Gasteiger partial charge on any atom is 0.233 e. The van der Waals surface area contributed by atoms with Crippen molar-refractivity contribution in [3.8, 4) is 5.75 Å². The normalized spacial score (nSPS) is 11.7. The number of methoxy groups -OCH3 is 1. The number of carbonyl (C=O) groups is 1. The Morgan fingerprint density at radius 3 is 2.39 bits per heavy atom. The van der Waals surface area contributed by atoms with Crippen molar-refractivity contribution in [1.29, 1.82) is 0 Å². The maximum atomic E-state index is 12.4. The molecule has 2 aromatic rings. The second-order valence-corrected chi connectivity index (χ2v) is 5.05. The first-order valence-corrected chi connectivity index (χ1v) is 7.52. The van der Waals surface area contributed by atoms with Crippen molar-refractivity contribution in [3.05, 3.63) is 60.2 Å². The molecule has 0 aliphatic carbocycles. The molecule has 0 saturated carbocycles. The molecule has 5 heteroatoms. The number of ether oxygens (including phenoxy) is 2. The van der Waals surface area contributed by atoms with Crippen molar-refractivity contribution in [2.75, 3.05) is 32.2 Å². The van der Waals surface area contributed by atoms with Crippen LogP contribution in [0.1, 0.15) is 11.5 Å². The minimum absolute atomic E-state index is 0.119. The maximum absolute atomic E-state index is 12.4. The summed E-state index contributed by atoms with van der Waals surface area (Å²) in [4.78, 5) is 12.4. The SMILES string of the molecule is COCCOc1ccc(NC(=O)C(CN)c2ccccc2)cc1. The molecule has 1 unspecified atom stereocenters. The monoisotopic (exact) mass is 314 g/mol. The van der Waals surface area contributed by atoms with Crippen molar-refractivity contribution in [2.24, 2.45) is 5.73 Å². The van der Waals surface area contributed by atoms with Gasteiger partial charge in [-0.25, -0.2) is 0 Å². The Morgan fingerprint density at radius 1 is 1.09 bits per heavy atom. The molecule has 122 valence electrons. The predicted molar refractivity (Wildman–Crippen MR) is 90.7 cm³/mol. The van der Waals surface area contributed by atoms with Gasteiger partial charge in [-0.15, -0.1) is 0 Å². The van der Waals surface area contributed by atoms with Gasteiger partial charge in [0.25, 0.3) is 0 Å². The molecular formula is C18H22N2O3. The van der Waals surface area contributed by atoms with Crippen LogP contribution < -0.4 is 15.8 Å². The van der Waals surface area contributed by atoms with Crippen molar-refractivity contribution in [3.63, 3.8) is 0 Å². The van der Waals surface area contributed by atoms with E-state index in [4.69, 9.17) is 15.2 Å². The average Bonchev–Trinajstić information content (AvgIpc) is 2.58. The van der Waals surface area contributed by atoms with E-state index in [9.17, 15) is 4.79 Å². The fourth-order valence-corrected chi connectivity index (χ4v) is 2.19. The highest BCUT2D eigenvalue weighted by molar-refractivity contribution is 5.96. The van der Waals surface area contributed by atoms with Crippen LogP contribution in [-0.2, 0) is 9.53 Å². The Balaban J connectivity index is 1.96. The molecular weight excluding hydrogens is 292 g/mol. The lowest BCUT2D eigenvalue weighted by Gasteiger charge is -2.15. The predicted octanol–water partition coefficient (Wildman–Crippen LogP) is 2.39. The van der Waals surface area contributed by atoms with Crippen LogP contribution in [0.3, 0.4) is 0 Å². The Hall–Kier alpha value is -2.37. The van der Waals surface area contributed by atoms with Gasteiger partial charge in [0, 0.05) is 19.3 Å². The number of nitrogens with two attached hydrogens (primary N) is 1. The summed E-state index contributed by atoms with van der Waals surface area (Å²) in [5.41, 5.74) is 7.38. The van der Waals surface area contributed by atoms with Crippen LogP contribution in [0.4, 0.5) is 5.69 Å². The van der Waals surface area contributed by atoms with Gasteiger partial charge in [-0.05, 0) is 29.8 Å². The smallest absolute Gasteiger partial charge is 0.233 e. The Labute approximate surface area is 136 Å². The first kappa shape index (κ1) is 17.0. The average molecular weight is 314 g/mol. The van der Waals surface area contributed by atoms with E-state index in [-0.39, 0.29) is 18.4 Å². The van der Waals surface area contributed by atoms with Gasteiger partial charge in [-0.2, -0.15) is 0 Å².